The summed E-state index contributed by atoms with van der Waals surface area (Å²) < 4.78 is 37.3. The van der Waals surface area contributed by atoms with Crippen molar-refractivity contribution >= 4 is 23.0 Å². The summed E-state index contributed by atoms with van der Waals surface area (Å²) >= 11 is 5.75. The third kappa shape index (κ3) is 4.32. The Morgan fingerprint density at radius 2 is 2.07 bits per heavy atom. The summed E-state index contributed by atoms with van der Waals surface area (Å²) in [5.41, 5.74) is 7.09. The van der Waals surface area contributed by atoms with Crippen LogP contribution in [0.3, 0.4) is 0 Å². The van der Waals surface area contributed by atoms with Crippen LogP contribution >= 0.6 is 11.6 Å². The molecule has 28 heavy (non-hydrogen) atoms. The molecule has 1 aromatic carbocycles. The maximum absolute atomic E-state index is 13.8. The molecule has 144 valence electrons. The highest BCUT2D eigenvalue weighted by atomic mass is 35.5. The van der Waals surface area contributed by atoms with Gasteiger partial charge in [0, 0.05) is 11.6 Å². The van der Waals surface area contributed by atoms with Crippen LogP contribution in [0.1, 0.15) is 17.1 Å². The number of aromatic nitrogens is 3. The first-order chi connectivity index (χ1) is 13.5. The minimum absolute atomic E-state index is 0.0236. The molecule has 0 radical (unpaired) electrons. The van der Waals surface area contributed by atoms with Crippen molar-refractivity contribution in [1.82, 2.24) is 15.1 Å². The van der Waals surface area contributed by atoms with Gasteiger partial charge in [0.15, 0.2) is 11.0 Å². The van der Waals surface area contributed by atoms with Gasteiger partial charge >= 0.3 is 0 Å². The molecule has 2 aromatic heterocycles. The molecule has 0 aliphatic rings. The highest BCUT2D eigenvalue weighted by Crippen LogP contribution is 2.22. The Kier molecular flexibility index (Phi) is 5.95. The van der Waals surface area contributed by atoms with E-state index in [1.165, 1.54) is 25.5 Å². The number of nitrogens with zero attached hydrogens (tertiary/aromatic N) is 4. The van der Waals surface area contributed by atoms with E-state index in [1.807, 2.05) is 0 Å². The molecule has 2 N–H and O–H groups in total. The number of benzene rings is 1. The van der Waals surface area contributed by atoms with Gasteiger partial charge in [0.05, 0.1) is 25.1 Å². The molecular weight excluding hydrogens is 392 g/mol. The lowest BCUT2D eigenvalue weighted by atomic mass is 10.2. The summed E-state index contributed by atoms with van der Waals surface area (Å²) in [6, 6.07) is 7.80. The fourth-order valence-electron chi connectivity index (χ4n) is 2.22. The zero-order chi connectivity index (χ0) is 20.1. The minimum atomic E-state index is -0.898. The summed E-state index contributed by atoms with van der Waals surface area (Å²) in [5.74, 6) is -1.70. The molecule has 0 atom stereocenters. The Morgan fingerprint density at radius 1 is 1.29 bits per heavy atom. The number of rotatable bonds is 6. The normalized spacial score (nSPS) is 12.3. The lowest BCUT2D eigenvalue weighted by Gasteiger charge is -2.06. The first kappa shape index (κ1) is 19.4. The van der Waals surface area contributed by atoms with Crippen LogP contribution in [0.2, 0.25) is 5.15 Å². The molecule has 7 nitrogen and oxygen atoms in total. The summed E-state index contributed by atoms with van der Waals surface area (Å²) in [7, 11) is 1.24. The highest BCUT2D eigenvalue weighted by molar-refractivity contribution is 6.29. The Labute approximate surface area is 163 Å². The number of hydrogen-bond acceptors (Lipinski definition) is 7. The van der Waals surface area contributed by atoms with Gasteiger partial charge in [-0.1, -0.05) is 35.0 Å². The Morgan fingerprint density at radius 3 is 2.75 bits per heavy atom. The zero-order valence-corrected chi connectivity index (χ0v) is 15.3. The summed E-state index contributed by atoms with van der Waals surface area (Å²) in [4.78, 5) is 12.0. The Balaban J connectivity index is 1.99. The quantitative estimate of drug-likeness (QED) is 0.498. The third-order valence-corrected chi connectivity index (χ3v) is 3.85. The van der Waals surface area contributed by atoms with Crippen LogP contribution in [-0.2, 0) is 6.54 Å². The maximum Gasteiger partial charge on any atom is 0.255 e. The first-order valence-electron chi connectivity index (χ1n) is 7.92. The fourth-order valence-corrected chi connectivity index (χ4v) is 2.38. The Bertz CT molecular complexity index is 1040. The monoisotopic (exact) mass is 405 g/mol. The summed E-state index contributed by atoms with van der Waals surface area (Å²) in [6.45, 7) is 0.0347. The van der Waals surface area contributed by atoms with E-state index < -0.39 is 11.0 Å². The van der Waals surface area contributed by atoms with Gasteiger partial charge in [-0.05, 0) is 12.1 Å². The van der Waals surface area contributed by atoms with Gasteiger partial charge in [0.1, 0.15) is 17.8 Å². The van der Waals surface area contributed by atoms with Gasteiger partial charge in [-0.25, -0.2) is 9.37 Å². The van der Waals surface area contributed by atoms with Crippen LogP contribution in [0.5, 0.6) is 5.88 Å². The topological polar surface area (TPSA) is 99.4 Å². The number of nitrogens with two attached hydrogens (primary N) is 1. The molecule has 0 unspecified atom stereocenters. The molecule has 0 amide bonds. The molecule has 0 saturated heterocycles. The number of hydrogen-bond donors (Lipinski definition) is 1. The second-order valence-electron chi connectivity index (χ2n) is 5.44. The number of aliphatic imine (C=N–C) groups is 1. The number of ether oxygens (including phenoxy) is 1. The van der Waals surface area contributed by atoms with Crippen LogP contribution in [0.4, 0.5) is 8.78 Å². The van der Waals surface area contributed by atoms with Crippen LogP contribution in [0, 0.1) is 11.6 Å². The lowest BCUT2D eigenvalue weighted by molar-refractivity contribution is 0.366. The van der Waals surface area contributed by atoms with E-state index in [9.17, 15) is 8.78 Å². The molecular formula is C18H14ClF2N5O2. The molecule has 2 heterocycles. The second-order valence-corrected chi connectivity index (χ2v) is 5.80. The standard InChI is InChI=1S/C18H14ClF2N5O2/c1-27-18-15(21)16(19)24-17(25-18)12(22)8-14(13-6-7-28-26-13)23-9-10-4-2-3-5-11(10)20/h2-8H,9,22H2,1H3/b12-8-,23-14?. The SMILES string of the molecule is COc1nc(/C(N)=C/C(=NCc2ccccc2F)c2ccon2)nc(Cl)c1F. The summed E-state index contributed by atoms with van der Waals surface area (Å²) in [5, 5.41) is 3.37. The van der Waals surface area contributed by atoms with Crippen molar-refractivity contribution in [2.24, 2.45) is 10.7 Å². The van der Waals surface area contributed by atoms with Crippen molar-refractivity contribution in [3.05, 3.63) is 76.5 Å². The van der Waals surface area contributed by atoms with Gasteiger partial charge in [0.2, 0.25) is 5.82 Å². The molecule has 3 aromatic rings. The maximum atomic E-state index is 13.8. The van der Waals surface area contributed by atoms with Crippen LogP contribution in [-0.4, -0.2) is 27.9 Å². The first-order valence-corrected chi connectivity index (χ1v) is 8.30. The average Bonchev–Trinajstić information content (AvgIpc) is 3.22. The average molecular weight is 406 g/mol. The predicted octanol–water partition coefficient (Wildman–Crippen LogP) is 3.39. The van der Waals surface area contributed by atoms with E-state index >= 15 is 0 Å². The van der Waals surface area contributed by atoms with E-state index in [0.29, 0.717) is 11.3 Å². The van der Waals surface area contributed by atoms with Gasteiger partial charge < -0.3 is 15.0 Å². The van der Waals surface area contributed by atoms with E-state index in [0.717, 1.165) is 0 Å². The van der Waals surface area contributed by atoms with Crippen molar-refractivity contribution in [2.75, 3.05) is 7.11 Å². The van der Waals surface area contributed by atoms with Gasteiger partial charge in [0.25, 0.3) is 5.88 Å². The fraction of sp³-hybridized carbons (Fsp3) is 0.111. The second kappa shape index (κ2) is 8.57. The van der Waals surface area contributed by atoms with E-state index in [1.54, 1.807) is 24.3 Å². The zero-order valence-electron chi connectivity index (χ0n) is 14.6. The molecule has 0 bridgehead atoms. The molecule has 3 rings (SSSR count). The Hall–Kier alpha value is -3.33. The lowest BCUT2D eigenvalue weighted by Crippen LogP contribution is -2.09. The van der Waals surface area contributed by atoms with Crippen molar-refractivity contribution in [2.45, 2.75) is 6.54 Å². The third-order valence-electron chi connectivity index (χ3n) is 3.60. The number of allylic oxidation sites excluding steroid dienone is 1. The van der Waals surface area contributed by atoms with Crippen LogP contribution in [0.25, 0.3) is 5.70 Å². The van der Waals surface area contributed by atoms with Crippen molar-refractivity contribution < 1.29 is 18.0 Å². The van der Waals surface area contributed by atoms with E-state index in [-0.39, 0.29) is 35.5 Å². The van der Waals surface area contributed by atoms with Crippen molar-refractivity contribution in [3.8, 4) is 5.88 Å². The number of methoxy groups -OCH3 is 1. The minimum Gasteiger partial charge on any atom is -0.479 e. The highest BCUT2D eigenvalue weighted by Gasteiger charge is 2.16. The molecule has 0 aliphatic heterocycles. The molecule has 0 aliphatic carbocycles. The van der Waals surface area contributed by atoms with Gasteiger partial charge in [-0.15, -0.1) is 0 Å². The molecule has 0 fully saturated rings. The molecule has 0 saturated carbocycles. The van der Waals surface area contributed by atoms with Crippen LogP contribution < -0.4 is 10.5 Å². The summed E-state index contributed by atoms with van der Waals surface area (Å²) in [6.07, 6.45) is 2.76. The number of halogens is 3. The van der Waals surface area contributed by atoms with E-state index in [4.69, 9.17) is 26.6 Å². The van der Waals surface area contributed by atoms with Crippen molar-refractivity contribution in [1.29, 1.82) is 0 Å². The molecule has 0 spiro atoms. The largest absolute Gasteiger partial charge is 0.479 e. The van der Waals surface area contributed by atoms with Gasteiger partial charge in [-0.2, -0.15) is 9.37 Å². The van der Waals surface area contributed by atoms with Crippen LogP contribution in [0.15, 0.2) is 52.2 Å². The van der Waals surface area contributed by atoms with E-state index in [2.05, 4.69) is 20.1 Å². The molecule has 10 heteroatoms. The predicted molar refractivity (Wildman–Crippen MR) is 98.9 cm³/mol. The smallest absolute Gasteiger partial charge is 0.255 e. The van der Waals surface area contributed by atoms with Gasteiger partial charge in [-0.3, -0.25) is 4.99 Å². The van der Waals surface area contributed by atoms with Crippen molar-refractivity contribution in [3.63, 3.8) is 0 Å².